The van der Waals surface area contributed by atoms with E-state index in [0.717, 1.165) is 23.8 Å². The van der Waals surface area contributed by atoms with E-state index in [1.807, 2.05) is 4.98 Å². The Kier molecular flexibility index (Phi) is 3.54. The summed E-state index contributed by atoms with van der Waals surface area (Å²) in [5.74, 6) is 0. The first-order valence-electron chi connectivity index (χ1n) is 5.85. The van der Waals surface area contributed by atoms with Crippen molar-refractivity contribution in [3.05, 3.63) is 33.1 Å². The molecule has 9 heteroatoms. The highest BCUT2D eigenvalue weighted by atomic mass is 19.1. The summed E-state index contributed by atoms with van der Waals surface area (Å²) in [5, 5.41) is 29.5. The molecule has 0 unspecified atom stereocenters. The third-order valence-electron chi connectivity index (χ3n) is 3.50. The molecule has 8 nitrogen and oxygen atoms in total. The van der Waals surface area contributed by atoms with E-state index in [0.29, 0.717) is 0 Å². The van der Waals surface area contributed by atoms with E-state index in [9.17, 15) is 29.3 Å². The Morgan fingerprint density at radius 2 is 2.20 bits per heavy atom. The van der Waals surface area contributed by atoms with Crippen molar-refractivity contribution in [3.63, 3.8) is 0 Å². The zero-order valence-electron chi connectivity index (χ0n) is 10.6. The number of H-pyrrole nitrogens is 1. The number of hydrogen-bond acceptors (Lipinski definition) is 6. The summed E-state index contributed by atoms with van der Waals surface area (Å²) in [6.45, 7) is -0.988. The van der Waals surface area contributed by atoms with Gasteiger partial charge in [-0.15, -0.1) is 0 Å². The molecule has 2 rings (SSSR count). The van der Waals surface area contributed by atoms with Crippen molar-refractivity contribution in [3.8, 4) is 0 Å². The minimum Gasteiger partial charge on any atom is -0.393 e. The van der Waals surface area contributed by atoms with Gasteiger partial charge in [0.2, 0.25) is 0 Å². The van der Waals surface area contributed by atoms with Crippen molar-refractivity contribution in [2.75, 3.05) is 13.3 Å². The van der Waals surface area contributed by atoms with Gasteiger partial charge in [0, 0.05) is 12.3 Å². The minimum atomic E-state index is -2.03. The molecular weight excluding hydrogens is 275 g/mol. The Balaban J connectivity index is 2.52. The number of nitrogens with zero attached hydrogens (tertiary/aromatic N) is 1. The predicted molar refractivity (Wildman–Crippen MR) is 63.9 cm³/mol. The molecule has 4 N–H and O–H groups in total. The first kappa shape index (κ1) is 14.9. The number of rotatable bonds is 3. The predicted octanol–water partition coefficient (Wildman–Crippen LogP) is -2.12. The van der Waals surface area contributed by atoms with E-state index in [1.165, 1.54) is 0 Å². The highest BCUT2D eigenvalue weighted by Crippen LogP contribution is 2.43. The maximum absolute atomic E-state index is 13.1. The molecule has 0 amide bonds. The molecule has 1 aliphatic heterocycles. The average Bonchev–Trinajstić information content (AvgIpc) is 2.60. The number of hydrogen-bond donors (Lipinski definition) is 4. The fourth-order valence-electron chi connectivity index (χ4n) is 2.29. The summed E-state index contributed by atoms with van der Waals surface area (Å²) >= 11 is 0. The van der Waals surface area contributed by atoms with Crippen molar-refractivity contribution in [1.29, 1.82) is 0 Å². The third kappa shape index (κ3) is 1.99. The molecule has 1 saturated heterocycles. The normalized spacial score (nSPS) is 37.2. The number of aromatic amines is 1. The zero-order valence-corrected chi connectivity index (χ0v) is 10.6. The maximum Gasteiger partial charge on any atom is 0.330 e. The number of halogens is 1. The molecule has 2 heterocycles. The van der Waals surface area contributed by atoms with Crippen LogP contribution in [0.25, 0.3) is 0 Å². The van der Waals surface area contributed by atoms with Crippen molar-refractivity contribution < 1.29 is 24.4 Å². The second kappa shape index (κ2) is 4.77. The van der Waals surface area contributed by atoms with Crippen molar-refractivity contribution in [2.24, 2.45) is 0 Å². The minimum absolute atomic E-state index is 0.650. The summed E-state index contributed by atoms with van der Waals surface area (Å²) in [5.41, 5.74) is -5.59. The third-order valence-corrected chi connectivity index (χ3v) is 3.50. The number of aliphatic hydroxyl groups excluding tert-OH is 2. The number of alkyl halides is 1. The molecule has 0 radical (unpaired) electrons. The summed E-state index contributed by atoms with van der Waals surface area (Å²) < 4.78 is 19.1. The molecule has 112 valence electrons. The highest BCUT2D eigenvalue weighted by Gasteiger charge is 2.61. The van der Waals surface area contributed by atoms with E-state index < -0.39 is 48.1 Å². The Morgan fingerprint density at radius 3 is 2.65 bits per heavy atom. The van der Waals surface area contributed by atoms with E-state index in [1.54, 1.807) is 0 Å². The quantitative estimate of drug-likeness (QED) is 0.504. The summed E-state index contributed by atoms with van der Waals surface area (Å²) in [6.07, 6.45) is -2.16. The van der Waals surface area contributed by atoms with Crippen LogP contribution < -0.4 is 11.2 Å². The Labute approximate surface area is 112 Å². The Hall–Kier alpha value is -1.55. The topological polar surface area (TPSA) is 125 Å². The van der Waals surface area contributed by atoms with Crippen LogP contribution in [-0.4, -0.2) is 55.5 Å². The number of aliphatic hydroxyl groups is 3. The van der Waals surface area contributed by atoms with Crippen LogP contribution in [0.2, 0.25) is 0 Å². The van der Waals surface area contributed by atoms with Crippen LogP contribution in [-0.2, 0) is 4.74 Å². The van der Waals surface area contributed by atoms with Gasteiger partial charge < -0.3 is 20.1 Å². The fourth-order valence-corrected chi connectivity index (χ4v) is 2.29. The van der Waals surface area contributed by atoms with Gasteiger partial charge in [0.05, 0.1) is 6.61 Å². The van der Waals surface area contributed by atoms with Gasteiger partial charge in [0.25, 0.3) is 5.56 Å². The largest absolute Gasteiger partial charge is 0.393 e. The van der Waals surface area contributed by atoms with Gasteiger partial charge in [0.1, 0.15) is 18.4 Å². The fraction of sp³-hybridized carbons (Fsp3) is 0.636. The molecule has 0 bridgehead atoms. The molecule has 1 aromatic heterocycles. The SMILES string of the molecule is C[C@@]1(O)[C@H](O)[C@](CO)(CF)O[C@H]1n1ccc(=O)[nH]c1=O. The van der Waals surface area contributed by atoms with Gasteiger partial charge in [-0.25, -0.2) is 9.18 Å². The molecule has 1 aromatic rings. The second-order valence-corrected chi connectivity index (χ2v) is 4.97. The lowest BCUT2D eigenvalue weighted by Gasteiger charge is -2.29. The monoisotopic (exact) mass is 290 g/mol. The molecule has 0 saturated carbocycles. The average molecular weight is 290 g/mol. The van der Waals surface area contributed by atoms with Crippen molar-refractivity contribution in [1.82, 2.24) is 9.55 Å². The zero-order chi connectivity index (χ0) is 15.1. The second-order valence-electron chi connectivity index (χ2n) is 4.97. The molecule has 0 aromatic carbocycles. The smallest absolute Gasteiger partial charge is 0.330 e. The lowest BCUT2D eigenvalue weighted by Crippen LogP contribution is -2.53. The Morgan fingerprint density at radius 1 is 1.55 bits per heavy atom. The van der Waals surface area contributed by atoms with Gasteiger partial charge in [0.15, 0.2) is 11.8 Å². The van der Waals surface area contributed by atoms with Gasteiger partial charge in [-0.3, -0.25) is 14.3 Å². The Bertz CT molecular complexity index is 605. The molecule has 0 aliphatic carbocycles. The van der Waals surface area contributed by atoms with Crippen LogP contribution in [0.3, 0.4) is 0 Å². The summed E-state index contributed by atoms with van der Waals surface area (Å²) in [4.78, 5) is 24.6. The van der Waals surface area contributed by atoms with E-state index in [2.05, 4.69) is 0 Å². The molecule has 4 atom stereocenters. The van der Waals surface area contributed by atoms with Crippen LogP contribution in [0.1, 0.15) is 13.2 Å². The number of aromatic nitrogens is 2. The van der Waals surface area contributed by atoms with Crippen LogP contribution in [0.5, 0.6) is 0 Å². The van der Waals surface area contributed by atoms with Crippen LogP contribution in [0.15, 0.2) is 21.9 Å². The lowest BCUT2D eigenvalue weighted by molar-refractivity contribution is -0.140. The van der Waals surface area contributed by atoms with Gasteiger partial charge >= 0.3 is 5.69 Å². The molecule has 0 spiro atoms. The van der Waals surface area contributed by atoms with Crippen molar-refractivity contribution in [2.45, 2.75) is 30.5 Å². The first-order chi connectivity index (χ1) is 9.28. The van der Waals surface area contributed by atoms with Crippen LogP contribution in [0, 0.1) is 0 Å². The molecular formula is C11H15FN2O6. The van der Waals surface area contributed by atoms with E-state index in [-0.39, 0.29) is 0 Å². The van der Waals surface area contributed by atoms with Gasteiger partial charge in [-0.05, 0) is 6.92 Å². The maximum atomic E-state index is 13.1. The summed E-state index contributed by atoms with van der Waals surface area (Å²) in [7, 11) is 0. The molecule has 1 aliphatic rings. The van der Waals surface area contributed by atoms with E-state index in [4.69, 9.17) is 4.74 Å². The van der Waals surface area contributed by atoms with Crippen molar-refractivity contribution >= 4 is 0 Å². The first-order valence-corrected chi connectivity index (χ1v) is 5.85. The standard InChI is InChI=1S/C11H15FN2O6/c1-10(19)7(17)11(4-12,5-15)20-8(10)14-3-2-6(16)13-9(14)18/h2-3,7-8,15,17,19H,4-5H2,1H3,(H,13,16,18)/t7-,8+,10+,11+/m0/s1. The van der Waals surface area contributed by atoms with Gasteiger partial charge in [-0.2, -0.15) is 0 Å². The molecule has 1 fully saturated rings. The summed E-state index contributed by atoms with van der Waals surface area (Å²) in [6, 6.07) is 1.02. The number of ether oxygens (including phenoxy) is 1. The highest BCUT2D eigenvalue weighted by molar-refractivity contribution is 5.08. The van der Waals surface area contributed by atoms with Crippen LogP contribution >= 0.6 is 0 Å². The van der Waals surface area contributed by atoms with Crippen LogP contribution in [0.4, 0.5) is 4.39 Å². The lowest BCUT2D eigenvalue weighted by atomic mass is 9.88. The van der Waals surface area contributed by atoms with E-state index >= 15 is 0 Å². The molecule has 20 heavy (non-hydrogen) atoms. The number of nitrogens with one attached hydrogen (secondary N) is 1. The van der Waals surface area contributed by atoms with Gasteiger partial charge in [-0.1, -0.05) is 0 Å².